The van der Waals surface area contributed by atoms with E-state index in [0.29, 0.717) is 16.7 Å². The summed E-state index contributed by atoms with van der Waals surface area (Å²) >= 11 is 0. The molecule has 2 aromatic rings. The maximum atomic E-state index is 12.4. The highest BCUT2D eigenvalue weighted by atomic mass is 16.1. The van der Waals surface area contributed by atoms with E-state index in [4.69, 9.17) is 0 Å². The van der Waals surface area contributed by atoms with Gasteiger partial charge in [0.2, 0.25) is 0 Å². The number of nitrogens with one attached hydrogen (secondary N) is 1. The minimum Gasteiger partial charge on any atom is -0.350 e. The van der Waals surface area contributed by atoms with Gasteiger partial charge < -0.3 is 5.32 Å². The largest absolute Gasteiger partial charge is 0.350 e. The number of carbonyl (C=O) groups is 2. The van der Waals surface area contributed by atoms with Gasteiger partial charge in [-0.25, -0.2) is 0 Å². The predicted molar refractivity (Wildman–Crippen MR) is 77.9 cm³/mol. The first-order valence-electron chi connectivity index (χ1n) is 6.67. The van der Waals surface area contributed by atoms with Gasteiger partial charge in [-0.1, -0.05) is 30.3 Å². The minimum absolute atomic E-state index is 0.00482. The van der Waals surface area contributed by atoms with Crippen LogP contribution in [-0.2, 0) is 0 Å². The van der Waals surface area contributed by atoms with Crippen molar-refractivity contribution in [2.75, 3.05) is 0 Å². The highest BCUT2D eigenvalue weighted by Crippen LogP contribution is 2.36. The molecule has 3 heteroatoms. The lowest BCUT2D eigenvalue weighted by Crippen LogP contribution is -2.30. The molecule has 0 aliphatic heterocycles. The first-order chi connectivity index (χ1) is 9.58. The van der Waals surface area contributed by atoms with E-state index in [1.165, 1.54) is 0 Å². The molecular formula is C17H15NO2. The second-order valence-electron chi connectivity index (χ2n) is 5.26. The van der Waals surface area contributed by atoms with Crippen molar-refractivity contribution in [2.24, 2.45) is 0 Å². The zero-order chi connectivity index (χ0) is 14.3. The monoisotopic (exact) mass is 265 g/mol. The summed E-state index contributed by atoms with van der Waals surface area (Å²) in [7, 11) is 0. The maximum Gasteiger partial charge on any atom is 0.251 e. The van der Waals surface area contributed by atoms with E-state index < -0.39 is 0 Å². The van der Waals surface area contributed by atoms with Gasteiger partial charge in [-0.05, 0) is 37.1 Å². The summed E-state index contributed by atoms with van der Waals surface area (Å²) in [6, 6.07) is 12.9. The second-order valence-corrected chi connectivity index (χ2v) is 5.26. The molecule has 0 atom stereocenters. The van der Waals surface area contributed by atoms with E-state index >= 15 is 0 Å². The summed E-state index contributed by atoms with van der Waals surface area (Å²) in [6.07, 6.45) is 0. The number of fused-ring (bicyclic) bond motifs is 3. The first-order valence-corrected chi connectivity index (χ1v) is 6.67. The van der Waals surface area contributed by atoms with Crippen molar-refractivity contribution in [3.8, 4) is 11.1 Å². The Balaban J connectivity index is 2.05. The van der Waals surface area contributed by atoms with Crippen LogP contribution in [0.5, 0.6) is 0 Å². The number of carbonyl (C=O) groups excluding carboxylic acids is 2. The number of hydrogen-bond donors (Lipinski definition) is 1. The molecular weight excluding hydrogens is 250 g/mol. The Morgan fingerprint density at radius 2 is 1.60 bits per heavy atom. The van der Waals surface area contributed by atoms with Crippen LogP contribution in [-0.4, -0.2) is 17.7 Å². The van der Waals surface area contributed by atoms with Gasteiger partial charge >= 0.3 is 0 Å². The van der Waals surface area contributed by atoms with E-state index in [1.807, 2.05) is 44.2 Å². The summed E-state index contributed by atoms with van der Waals surface area (Å²) < 4.78 is 0. The molecule has 0 unspecified atom stereocenters. The van der Waals surface area contributed by atoms with Gasteiger partial charge in [0, 0.05) is 22.7 Å². The van der Waals surface area contributed by atoms with Gasteiger partial charge in [0.1, 0.15) is 0 Å². The molecule has 0 saturated heterocycles. The zero-order valence-corrected chi connectivity index (χ0v) is 11.4. The van der Waals surface area contributed by atoms with Crippen molar-refractivity contribution >= 4 is 11.7 Å². The molecule has 0 saturated carbocycles. The van der Waals surface area contributed by atoms with E-state index in [-0.39, 0.29) is 17.7 Å². The molecule has 0 spiro atoms. The second kappa shape index (κ2) is 4.60. The minimum atomic E-state index is -0.147. The predicted octanol–water partition coefficient (Wildman–Crippen LogP) is 3.04. The summed E-state index contributed by atoms with van der Waals surface area (Å²) in [5.41, 5.74) is 3.71. The van der Waals surface area contributed by atoms with Gasteiger partial charge in [-0.15, -0.1) is 0 Å². The fraction of sp³-hybridized carbons (Fsp3) is 0.176. The number of ketones is 1. The van der Waals surface area contributed by atoms with Gasteiger partial charge in [-0.3, -0.25) is 9.59 Å². The van der Waals surface area contributed by atoms with Crippen LogP contribution in [0.4, 0.5) is 0 Å². The first kappa shape index (κ1) is 12.6. The average Bonchev–Trinajstić information content (AvgIpc) is 2.72. The molecule has 100 valence electrons. The fourth-order valence-corrected chi connectivity index (χ4v) is 2.51. The molecule has 1 amide bonds. The van der Waals surface area contributed by atoms with Crippen LogP contribution >= 0.6 is 0 Å². The normalized spacial score (nSPS) is 12.2. The van der Waals surface area contributed by atoms with Crippen LogP contribution in [0.2, 0.25) is 0 Å². The lowest BCUT2D eigenvalue weighted by Gasteiger charge is -2.09. The standard InChI is InChI=1S/C17H15NO2/c1-10(2)18-17(20)11-7-8-13-12-5-3-4-6-14(12)16(19)15(13)9-11/h3-10H,1-2H3,(H,18,20). The number of rotatable bonds is 2. The Hall–Kier alpha value is -2.42. The van der Waals surface area contributed by atoms with Gasteiger partial charge in [-0.2, -0.15) is 0 Å². The third-order valence-corrected chi connectivity index (χ3v) is 3.41. The van der Waals surface area contributed by atoms with E-state index in [1.54, 1.807) is 12.1 Å². The molecule has 0 heterocycles. The highest BCUT2D eigenvalue weighted by molar-refractivity contribution is 6.22. The van der Waals surface area contributed by atoms with Crippen molar-refractivity contribution in [3.05, 3.63) is 59.2 Å². The Labute approximate surface area is 117 Å². The van der Waals surface area contributed by atoms with Crippen LogP contribution in [0.15, 0.2) is 42.5 Å². The lowest BCUT2D eigenvalue weighted by atomic mass is 10.0. The molecule has 0 radical (unpaired) electrons. The Morgan fingerprint density at radius 1 is 0.950 bits per heavy atom. The van der Waals surface area contributed by atoms with Crippen LogP contribution in [0.25, 0.3) is 11.1 Å². The van der Waals surface area contributed by atoms with E-state index in [2.05, 4.69) is 5.32 Å². The SMILES string of the molecule is CC(C)NC(=O)c1ccc2c(c1)C(=O)c1ccccc1-2. The Morgan fingerprint density at radius 3 is 2.30 bits per heavy atom. The molecule has 3 nitrogen and oxygen atoms in total. The maximum absolute atomic E-state index is 12.4. The van der Waals surface area contributed by atoms with Crippen LogP contribution in [0.3, 0.4) is 0 Å². The van der Waals surface area contributed by atoms with Crippen molar-refractivity contribution in [2.45, 2.75) is 19.9 Å². The summed E-state index contributed by atoms with van der Waals surface area (Å²) in [6.45, 7) is 3.82. The Bertz CT molecular complexity index is 717. The molecule has 0 bridgehead atoms. The Kier molecular flexibility index (Phi) is 2.90. The molecule has 20 heavy (non-hydrogen) atoms. The molecule has 0 fully saturated rings. The number of benzene rings is 2. The van der Waals surface area contributed by atoms with Gasteiger partial charge in [0.25, 0.3) is 5.91 Å². The summed E-state index contributed by atoms with van der Waals surface area (Å²) in [5.74, 6) is -0.152. The van der Waals surface area contributed by atoms with Crippen LogP contribution in [0.1, 0.15) is 40.1 Å². The smallest absolute Gasteiger partial charge is 0.251 e. The molecule has 0 aromatic heterocycles. The lowest BCUT2D eigenvalue weighted by molar-refractivity contribution is 0.0943. The van der Waals surface area contributed by atoms with Gasteiger partial charge in [0.05, 0.1) is 0 Å². The summed E-state index contributed by atoms with van der Waals surface area (Å²) in [5, 5.41) is 2.84. The number of hydrogen-bond acceptors (Lipinski definition) is 2. The fourth-order valence-electron chi connectivity index (χ4n) is 2.51. The van der Waals surface area contributed by atoms with Crippen LogP contribution in [0, 0.1) is 0 Å². The number of amides is 1. The molecule has 3 rings (SSSR count). The highest BCUT2D eigenvalue weighted by Gasteiger charge is 2.26. The molecule has 2 aromatic carbocycles. The van der Waals surface area contributed by atoms with Gasteiger partial charge in [0.15, 0.2) is 5.78 Å². The quantitative estimate of drug-likeness (QED) is 0.774. The molecule has 1 N–H and O–H groups in total. The zero-order valence-electron chi connectivity index (χ0n) is 11.4. The molecule has 1 aliphatic rings. The van der Waals surface area contributed by atoms with E-state index in [9.17, 15) is 9.59 Å². The third-order valence-electron chi connectivity index (χ3n) is 3.41. The van der Waals surface area contributed by atoms with Crippen molar-refractivity contribution in [1.82, 2.24) is 5.32 Å². The van der Waals surface area contributed by atoms with E-state index in [0.717, 1.165) is 11.1 Å². The van der Waals surface area contributed by atoms with Crippen molar-refractivity contribution in [1.29, 1.82) is 0 Å². The average molecular weight is 265 g/mol. The molecule has 1 aliphatic carbocycles. The summed E-state index contributed by atoms with van der Waals surface area (Å²) in [4.78, 5) is 24.4. The van der Waals surface area contributed by atoms with Crippen molar-refractivity contribution in [3.63, 3.8) is 0 Å². The van der Waals surface area contributed by atoms with Crippen molar-refractivity contribution < 1.29 is 9.59 Å². The third kappa shape index (κ3) is 1.92. The topological polar surface area (TPSA) is 46.2 Å². The van der Waals surface area contributed by atoms with Crippen LogP contribution < -0.4 is 5.32 Å².